The van der Waals surface area contributed by atoms with Crippen LogP contribution in [0.1, 0.15) is 51.3 Å². The predicted molar refractivity (Wildman–Crippen MR) is 75.2 cm³/mol. The fourth-order valence-electron chi connectivity index (χ4n) is 2.74. The Morgan fingerprint density at radius 1 is 1.40 bits per heavy atom. The van der Waals surface area contributed by atoms with Crippen molar-refractivity contribution in [3.8, 4) is 0 Å². The Bertz CT molecular complexity index is 434. The molecule has 1 aromatic rings. The van der Waals surface area contributed by atoms with E-state index in [2.05, 4.69) is 23.4 Å². The van der Waals surface area contributed by atoms with Crippen LogP contribution in [0.5, 0.6) is 0 Å². The van der Waals surface area contributed by atoms with Gasteiger partial charge in [-0.15, -0.1) is 0 Å². The molecule has 0 unspecified atom stereocenters. The van der Waals surface area contributed by atoms with Gasteiger partial charge in [0.05, 0.1) is 44.0 Å². The number of esters is 1. The van der Waals surface area contributed by atoms with Crippen LogP contribution in [0.4, 0.5) is 0 Å². The van der Waals surface area contributed by atoms with E-state index in [0.29, 0.717) is 12.6 Å². The van der Waals surface area contributed by atoms with Crippen LogP contribution in [0, 0.1) is 5.92 Å². The van der Waals surface area contributed by atoms with Crippen LogP contribution in [0.3, 0.4) is 0 Å². The summed E-state index contributed by atoms with van der Waals surface area (Å²) in [6, 6.07) is 0.395. The topological polar surface area (TPSA) is 53.4 Å². The van der Waals surface area contributed by atoms with Gasteiger partial charge in [-0.25, -0.2) is 4.98 Å². The maximum absolute atomic E-state index is 11.5. The predicted octanol–water partition coefficient (Wildman–Crippen LogP) is 2.71. The van der Waals surface area contributed by atoms with Crippen LogP contribution in [0.15, 0.2) is 12.5 Å². The van der Waals surface area contributed by atoms with Crippen LogP contribution in [0.25, 0.3) is 0 Å². The van der Waals surface area contributed by atoms with Crippen molar-refractivity contribution in [2.24, 2.45) is 5.92 Å². The largest absolute Gasteiger partial charge is 0.469 e. The molecule has 0 amide bonds. The second-order valence-corrected chi connectivity index (χ2v) is 5.69. The summed E-state index contributed by atoms with van der Waals surface area (Å²) in [6.45, 7) is 4.85. The number of methoxy groups -OCH3 is 1. The standard InChI is InChI=1S/C15H24N2O3/c1-11(2)17-10-16-8-13(17)9-20-14-6-4-12(5-7-14)15(18)19-3/h8,10-12,14H,4-7,9H2,1-3H3. The molecule has 0 aromatic carbocycles. The number of nitrogens with zero attached hydrogens (tertiary/aromatic N) is 2. The van der Waals surface area contributed by atoms with Gasteiger partial charge in [-0.1, -0.05) is 0 Å². The summed E-state index contributed by atoms with van der Waals surface area (Å²) in [6.07, 6.45) is 7.52. The maximum atomic E-state index is 11.5. The Balaban J connectivity index is 1.79. The Labute approximate surface area is 120 Å². The lowest BCUT2D eigenvalue weighted by Crippen LogP contribution is -2.27. The number of carbonyl (C=O) groups excluding carboxylic acids is 1. The molecule has 1 aliphatic carbocycles. The van der Waals surface area contributed by atoms with E-state index in [9.17, 15) is 4.79 Å². The van der Waals surface area contributed by atoms with Crippen molar-refractivity contribution < 1.29 is 14.3 Å². The van der Waals surface area contributed by atoms with E-state index < -0.39 is 0 Å². The SMILES string of the molecule is COC(=O)C1CCC(OCc2cncn2C(C)C)CC1. The van der Waals surface area contributed by atoms with Gasteiger partial charge >= 0.3 is 5.97 Å². The van der Waals surface area contributed by atoms with E-state index in [1.54, 1.807) is 0 Å². The number of rotatable bonds is 5. The Hall–Kier alpha value is -1.36. The summed E-state index contributed by atoms with van der Waals surface area (Å²) in [7, 11) is 1.46. The molecule has 112 valence electrons. The van der Waals surface area contributed by atoms with Crippen LogP contribution in [-0.4, -0.2) is 28.7 Å². The van der Waals surface area contributed by atoms with E-state index in [1.807, 2.05) is 12.5 Å². The molecule has 20 heavy (non-hydrogen) atoms. The molecule has 0 aliphatic heterocycles. The lowest BCUT2D eigenvalue weighted by molar-refractivity contribution is -0.147. The first-order valence-corrected chi connectivity index (χ1v) is 7.32. The summed E-state index contributed by atoms with van der Waals surface area (Å²) < 4.78 is 12.9. The van der Waals surface area contributed by atoms with Gasteiger partial charge in [-0.2, -0.15) is 0 Å². The third-order valence-corrected chi connectivity index (χ3v) is 3.98. The van der Waals surface area contributed by atoms with Crippen LogP contribution in [-0.2, 0) is 20.9 Å². The normalized spacial score (nSPS) is 23.0. The molecule has 1 fully saturated rings. The number of hydrogen-bond acceptors (Lipinski definition) is 4. The van der Waals surface area contributed by atoms with Crippen molar-refractivity contribution >= 4 is 5.97 Å². The van der Waals surface area contributed by atoms with Gasteiger partial charge in [-0.3, -0.25) is 4.79 Å². The molecule has 0 N–H and O–H groups in total. The number of imidazole rings is 1. The molecule has 1 heterocycles. The first-order valence-electron chi connectivity index (χ1n) is 7.32. The first-order chi connectivity index (χ1) is 9.61. The zero-order valence-corrected chi connectivity index (χ0v) is 12.5. The highest BCUT2D eigenvalue weighted by molar-refractivity contribution is 5.72. The van der Waals surface area contributed by atoms with Gasteiger partial charge < -0.3 is 14.0 Å². The lowest BCUT2D eigenvalue weighted by atomic mass is 9.87. The minimum absolute atomic E-state index is 0.0565. The van der Waals surface area contributed by atoms with E-state index in [-0.39, 0.29) is 18.0 Å². The van der Waals surface area contributed by atoms with E-state index >= 15 is 0 Å². The summed E-state index contributed by atoms with van der Waals surface area (Å²) in [5.41, 5.74) is 1.11. The smallest absolute Gasteiger partial charge is 0.308 e. The van der Waals surface area contributed by atoms with Gasteiger partial charge in [0, 0.05) is 6.04 Å². The van der Waals surface area contributed by atoms with Crippen LogP contribution in [0.2, 0.25) is 0 Å². The van der Waals surface area contributed by atoms with Crippen LogP contribution >= 0.6 is 0 Å². The highest BCUT2D eigenvalue weighted by atomic mass is 16.5. The summed E-state index contributed by atoms with van der Waals surface area (Å²) >= 11 is 0. The molecular formula is C15H24N2O3. The van der Waals surface area contributed by atoms with Gasteiger partial charge in [0.25, 0.3) is 0 Å². The Morgan fingerprint density at radius 2 is 2.10 bits per heavy atom. The molecule has 0 atom stereocenters. The quantitative estimate of drug-likeness (QED) is 0.778. The van der Waals surface area contributed by atoms with E-state index in [0.717, 1.165) is 31.4 Å². The van der Waals surface area contributed by atoms with Gasteiger partial charge in [0.1, 0.15) is 0 Å². The lowest BCUT2D eigenvalue weighted by Gasteiger charge is -2.27. The van der Waals surface area contributed by atoms with Crippen molar-refractivity contribution in [2.45, 2.75) is 58.3 Å². The molecule has 0 spiro atoms. The summed E-state index contributed by atoms with van der Waals surface area (Å²) in [5.74, 6) is -0.0256. The maximum Gasteiger partial charge on any atom is 0.308 e. The zero-order chi connectivity index (χ0) is 14.5. The Morgan fingerprint density at radius 3 is 2.70 bits per heavy atom. The minimum atomic E-state index is -0.0821. The second kappa shape index (κ2) is 6.88. The second-order valence-electron chi connectivity index (χ2n) is 5.69. The van der Waals surface area contributed by atoms with Crippen molar-refractivity contribution in [1.29, 1.82) is 0 Å². The minimum Gasteiger partial charge on any atom is -0.469 e. The van der Waals surface area contributed by atoms with Gasteiger partial charge in [-0.05, 0) is 39.5 Å². The Kier molecular flexibility index (Phi) is 5.17. The zero-order valence-electron chi connectivity index (χ0n) is 12.5. The molecule has 0 saturated heterocycles. The molecule has 1 aromatic heterocycles. The fourth-order valence-corrected chi connectivity index (χ4v) is 2.74. The van der Waals surface area contributed by atoms with Gasteiger partial charge in [0.2, 0.25) is 0 Å². The van der Waals surface area contributed by atoms with Crippen molar-refractivity contribution in [3.63, 3.8) is 0 Å². The van der Waals surface area contributed by atoms with E-state index in [4.69, 9.17) is 9.47 Å². The highest BCUT2D eigenvalue weighted by Crippen LogP contribution is 2.27. The average molecular weight is 280 g/mol. The fraction of sp³-hybridized carbons (Fsp3) is 0.733. The third kappa shape index (κ3) is 3.60. The van der Waals surface area contributed by atoms with Crippen LogP contribution < -0.4 is 0 Å². The summed E-state index contributed by atoms with van der Waals surface area (Å²) in [4.78, 5) is 15.6. The van der Waals surface area contributed by atoms with Gasteiger partial charge in [0.15, 0.2) is 0 Å². The first kappa shape index (κ1) is 15.0. The molecular weight excluding hydrogens is 256 g/mol. The average Bonchev–Trinajstić information content (AvgIpc) is 2.93. The summed E-state index contributed by atoms with van der Waals surface area (Å²) in [5, 5.41) is 0. The van der Waals surface area contributed by atoms with Crippen molar-refractivity contribution in [1.82, 2.24) is 9.55 Å². The molecule has 5 heteroatoms. The highest BCUT2D eigenvalue weighted by Gasteiger charge is 2.27. The molecule has 0 bridgehead atoms. The number of hydrogen-bond donors (Lipinski definition) is 0. The number of ether oxygens (including phenoxy) is 2. The van der Waals surface area contributed by atoms with Crippen molar-refractivity contribution in [3.05, 3.63) is 18.2 Å². The molecule has 0 radical (unpaired) electrons. The molecule has 1 saturated carbocycles. The third-order valence-electron chi connectivity index (χ3n) is 3.98. The van der Waals surface area contributed by atoms with Crippen molar-refractivity contribution in [2.75, 3.05) is 7.11 Å². The number of carbonyl (C=O) groups is 1. The number of aromatic nitrogens is 2. The molecule has 1 aliphatic rings. The monoisotopic (exact) mass is 280 g/mol. The molecule has 5 nitrogen and oxygen atoms in total. The molecule has 2 rings (SSSR count). The van der Waals surface area contributed by atoms with E-state index in [1.165, 1.54) is 7.11 Å².